The first-order chi connectivity index (χ1) is 36.6. The number of carbonyl (C=O) groups is 1. The van der Waals surface area contributed by atoms with E-state index in [-0.39, 0.29) is 12.5 Å². The van der Waals surface area contributed by atoms with Crippen LogP contribution in [0.5, 0.6) is 0 Å². The Kier molecular flexibility index (Phi) is 44.6. The van der Waals surface area contributed by atoms with Gasteiger partial charge >= 0.3 is 0 Å². The molecule has 12 unspecified atom stereocenters. The summed E-state index contributed by atoms with van der Waals surface area (Å²) in [6, 6.07) is -0.822. The molecule has 14 heteroatoms. The number of ether oxygens (including phenoxy) is 4. The highest BCUT2D eigenvalue weighted by Crippen LogP contribution is 2.30. The van der Waals surface area contributed by atoms with E-state index in [2.05, 4.69) is 19.2 Å². The Morgan fingerprint density at radius 2 is 0.760 bits per heavy atom. The molecule has 0 aromatic rings. The van der Waals surface area contributed by atoms with Crippen LogP contribution in [0.4, 0.5) is 0 Å². The lowest BCUT2D eigenvalue weighted by molar-refractivity contribution is -0.359. The fourth-order valence-corrected chi connectivity index (χ4v) is 10.9. The van der Waals surface area contributed by atoms with Crippen LogP contribution in [0.15, 0.2) is 0 Å². The van der Waals surface area contributed by atoms with E-state index < -0.39 is 86.8 Å². The number of aliphatic hydroxyl groups is 8. The van der Waals surface area contributed by atoms with Crippen molar-refractivity contribution in [3.63, 3.8) is 0 Å². The Labute approximate surface area is 457 Å². The van der Waals surface area contributed by atoms with E-state index in [0.717, 1.165) is 51.4 Å². The summed E-state index contributed by atoms with van der Waals surface area (Å²) in [6.45, 7) is 2.89. The fourth-order valence-electron chi connectivity index (χ4n) is 10.9. The molecular weight excluding hydrogens is 955 g/mol. The molecule has 2 aliphatic rings. The van der Waals surface area contributed by atoms with Gasteiger partial charge in [-0.05, 0) is 12.8 Å². The van der Waals surface area contributed by atoms with Crippen LogP contribution in [0, 0.1) is 0 Å². The van der Waals surface area contributed by atoms with Crippen LogP contribution in [0.3, 0.4) is 0 Å². The Balaban J connectivity index is 1.63. The molecule has 0 aliphatic carbocycles. The third kappa shape index (κ3) is 33.4. The number of aliphatic hydroxyl groups excluding tert-OH is 8. The number of nitrogens with one attached hydrogen (secondary N) is 1. The first-order valence-corrected chi connectivity index (χ1v) is 31.8. The SMILES string of the molecule is CCCCCCCCCCCCCCCCCCCCCCCCCCCCCCCC(=O)NC(COC1OC(CO)C(OC2OC(CO)C(O)C(O)C2O)C(O)C1O)C(O)CCCCCCCCCCCCCC. The molecule has 2 aliphatic heterocycles. The second-order valence-electron chi connectivity index (χ2n) is 22.9. The van der Waals surface area contributed by atoms with Crippen LogP contribution in [0.25, 0.3) is 0 Å². The summed E-state index contributed by atoms with van der Waals surface area (Å²) in [4.78, 5) is 13.3. The average molecular weight is 1070 g/mol. The molecule has 12 atom stereocenters. The predicted molar refractivity (Wildman–Crippen MR) is 300 cm³/mol. The lowest BCUT2D eigenvalue weighted by Crippen LogP contribution is -2.65. The van der Waals surface area contributed by atoms with Crippen LogP contribution in [0.1, 0.15) is 290 Å². The summed E-state index contributed by atoms with van der Waals surface area (Å²) in [6.07, 6.45) is 37.0. The van der Waals surface area contributed by atoms with Gasteiger partial charge in [-0.25, -0.2) is 0 Å². The number of hydrogen-bond donors (Lipinski definition) is 9. The molecule has 9 N–H and O–H groups in total. The topological polar surface area (TPSA) is 228 Å². The molecule has 2 heterocycles. The summed E-state index contributed by atoms with van der Waals surface area (Å²) in [7, 11) is 0. The summed E-state index contributed by atoms with van der Waals surface area (Å²) in [5.41, 5.74) is 0. The molecule has 0 radical (unpaired) electrons. The summed E-state index contributed by atoms with van der Waals surface area (Å²) in [5, 5.41) is 87.2. The molecule has 0 bridgehead atoms. The van der Waals surface area contributed by atoms with E-state index in [0.29, 0.717) is 12.8 Å². The van der Waals surface area contributed by atoms with Gasteiger partial charge in [0.05, 0.1) is 32.0 Å². The predicted octanol–water partition coefficient (Wildman–Crippen LogP) is 11.3. The van der Waals surface area contributed by atoms with Crippen molar-refractivity contribution >= 4 is 5.91 Å². The molecule has 2 rings (SSSR count). The van der Waals surface area contributed by atoms with Gasteiger partial charge in [-0.1, -0.05) is 271 Å². The summed E-state index contributed by atoms with van der Waals surface area (Å²) < 4.78 is 22.8. The Bertz CT molecular complexity index is 1270. The Hall–Kier alpha value is -1.01. The van der Waals surface area contributed by atoms with Gasteiger partial charge in [-0.15, -0.1) is 0 Å². The van der Waals surface area contributed by atoms with Crippen molar-refractivity contribution in [3.05, 3.63) is 0 Å². The van der Waals surface area contributed by atoms with Crippen molar-refractivity contribution < 1.29 is 64.6 Å². The number of hydrogen-bond acceptors (Lipinski definition) is 13. The molecule has 446 valence electrons. The maximum absolute atomic E-state index is 13.3. The Morgan fingerprint density at radius 3 is 1.13 bits per heavy atom. The van der Waals surface area contributed by atoms with Crippen molar-refractivity contribution in [2.24, 2.45) is 0 Å². The minimum Gasteiger partial charge on any atom is -0.394 e. The first-order valence-electron chi connectivity index (χ1n) is 31.8. The fraction of sp³-hybridized carbons (Fsp3) is 0.984. The van der Waals surface area contributed by atoms with Gasteiger partial charge in [0.2, 0.25) is 5.91 Å². The zero-order chi connectivity index (χ0) is 54.6. The first kappa shape index (κ1) is 70.1. The van der Waals surface area contributed by atoms with E-state index in [1.165, 1.54) is 212 Å². The smallest absolute Gasteiger partial charge is 0.220 e. The highest BCUT2D eigenvalue weighted by molar-refractivity contribution is 5.76. The standard InChI is InChI=1S/C61H119NO13/c1-3-5-7-9-11-13-15-17-18-19-20-21-22-23-24-25-26-27-28-29-30-31-32-33-35-37-39-41-43-45-53(66)62-49(50(65)44-42-40-38-36-34-16-14-12-10-8-6-4-2)48-72-60-58(71)56(69)59(52(47-64)74-60)75-61-57(70)55(68)54(67)51(46-63)73-61/h49-52,54-61,63-65,67-71H,3-48H2,1-2H3,(H,62,66). The van der Waals surface area contributed by atoms with E-state index in [1.807, 2.05) is 0 Å². The number of unbranched alkanes of at least 4 members (excludes halogenated alkanes) is 39. The van der Waals surface area contributed by atoms with Gasteiger partial charge in [0.15, 0.2) is 12.6 Å². The lowest BCUT2D eigenvalue weighted by atomic mass is 9.97. The molecule has 1 amide bonds. The molecule has 0 aromatic heterocycles. The summed E-state index contributed by atoms with van der Waals surface area (Å²) >= 11 is 0. The average Bonchev–Trinajstić information content (AvgIpc) is 3.41. The summed E-state index contributed by atoms with van der Waals surface area (Å²) in [5.74, 6) is -0.200. The van der Waals surface area contributed by atoms with E-state index in [9.17, 15) is 45.6 Å². The molecule has 75 heavy (non-hydrogen) atoms. The van der Waals surface area contributed by atoms with Crippen molar-refractivity contribution in [1.82, 2.24) is 5.32 Å². The highest BCUT2D eigenvalue weighted by Gasteiger charge is 2.51. The minimum absolute atomic E-state index is 0.200. The molecule has 0 aromatic carbocycles. The van der Waals surface area contributed by atoms with Crippen molar-refractivity contribution in [2.45, 2.75) is 364 Å². The third-order valence-electron chi connectivity index (χ3n) is 16.1. The highest BCUT2D eigenvalue weighted by atomic mass is 16.7. The maximum atomic E-state index is 13.3. The van der Waals surface area contributed by atoms with Gasteiger partial charge in [0.1, 0.15) is 48.8 Å². The zero-order valence-electron chi connectivity index (χ0n) is 48.1. The number of amides is 1. The van der Waals surface area contributed by atoms with Gasteiger partial charge in [0.25, 0.3) is 0 Å². The van der Waals surface area contributed by atoms with Gasteiger partial charge < -0.3 is 65.1 Å². The zero-order valence-corrected chi connectivity index (χ0v) is 48.1. The maximum Gasteiger partial charge on any atom is 0.220 e. The molecular formula is C61H119NO13. The van der Waals surface area contributed by atoms with Crippen LogP contribution in [-0.2, 0) is 23.7 Å². The van der Waals surface area contributed by atoms with Gasteiger partial charge in [-0.2, -0.15) is 0 Å². The van der Waals surface area contributed by atoms with E-state index >= 15 is 0 Å². The molecule has 2 saturated heterocycles. The largest absolute Gasteiger partial charge is 0.394 e. The molecule has 0 saturated carbocycles. The van der Waals surface area contributed by atoms with Crippen molar-refractivity contribution in [2.75, 3.05) is 19.8 Å². The van der Waals surface area contributed by atoms with Crippen molar-refractivity contribution in [3.8, 4) is 0 Å². The number of rotatable bonds is 52. The second kappa shape index (κ2) is 47.8. The van der Waals surface area contributed by atoms with Gasteiger partial charge in [-0.3, -0.25) is 4.79 Å². The van der Waals surface area contributed by atoms with Crippen molar-refractivity contribution in [1.29, 1.82) is 0 Å². The normalized spacial score (nSPS) is 24.9. The van der Waals surface area contributed by atoms with E-state index in [4.69, 9.17) is 18.9 Å². The molecule has 14 nitrogen and oxygen atoms in total. The van der Waals surface area contributed by atoms with Crippen LogP contribution < -0.4 is 5.32 Å². The van der Waals surface area contributed by atoms with Crippen LogP contribution in [0.2, 0.25) is 0 Å². The second-order valence-corrected chi connectivity index (χ2v) is 22.9. The molecule has 0 spiro atoms. The molecule has 2 fully saturated rings. The van der Waals surface area contributed by atoms with Gasteiger partial charge in [0, 0.05) is 6.42 Å². The minimum atomic E-state index is -1.78. The Morgan fingerprint density at radius 1 is 0.427 bits per heavy atom. The van der Waals surface area contributed by atoms with E-state index in [1.54, 1.807) is 0 Å². The van der Waals surface area contributed by atoms with Crippen LogP contribution in [-0.4, -0.2) is 140 Å². The lowest BCUT2D eigenvalue weighted by Gasteiger charge is -2.46. The monoisotopic (exact) mass is 1070 g/mol. The number of carbonyl (C=O) groups excluding carboxylic acids is 1. The third-order valence-corrected chi connectivity index (χ3v) is 16.1. The van der Waals surface area contributed by atoms with Crippen LogP contribution >= 0.6 is 0 Å². The quantitative estimate of drug-likeness (QED) is 0.0259.